The van der Waals surface area contributed by atoms with Crippen molar-refractivity contribution < 1.29 is 14.2 Å². The number of halogens is 1. The van der Waals surface area contributed by atoms with Crippen LogP contribution < -0.4 is 10.6 Å². The highest BCUT2D eigenvalue weighted by Crippen LogP contribution is 2.19. The zero-order chi connectivity index (χ0) is 17.4. The van der Waals surface area contributed by atoms with Crippen LogP contribution >= 0.6 is 0 Å². The zero-order valence-corrected chi connectivity index (χ0v) is 14.4. The van der Waals surface area contributed by atoms with Crippen LogP contribution in [0.15, 0.2) is 29.3 Å². The van der Waals surface area contributed by atoms with E-state index < -0.39 is 5.60 Å². The molecule has 1 aliphatic rings. The van der Waals surface area contributed by atoms with Gasteiger partial charge in [-0.15, -0.1) is 0 Å². The van der Waals surface area contributed by atoms with Crippen molar-refractivity contribution >= 4 is 5.96 Å². The molecule has 134 valence electrons. The van der Waals surface area contributed by atoms with Crippen LogP contribution in [0.3, 0.4) is 0 Å². The van der Waals surface area contributed by atoms with Gasteiger partial charge < -0.3 is 20.5 Å². The van der Waals surface area contributed by atoms with Gasteiger partial charge in [0.1, 0.15) is 11.4 Å². The third-order valence-electron chi connectivity index (χ3n) is 4.11. The summed E-state index contributed by atoms with van der Waals surface area (Å²) in [6, 6.07) is 5.87. The van der Waals surface area contributed by atoms with Crippen LogP contribution in [0.5, 0.6) is 0 Å². The first-order valence-corrected chi connectivity index (χ1v) is 8.24. The smallest absolute Gasteiger partial charge is 0.191 e. The third kappa shape index (κ3) is 5.74. The maximum Gasteiger partial charge on any atom is 0.191 e. The summed E-state index contributed by atoms with van der Waals surface area (Å²) in [6.45, 7) is 7.11. The summed E-state index contributed by atoms with van der Waals surface area (Å²) in [5, 5.41) is 16.9. The second-order valence-electron chi connectivity index (χ2n) is 6.09. The predicted octanol–water partition coefficient (Wildman–Crippen LogP) is 0.530. The SMILES string of the molecule is CN=C(NCCN1CCOCC1)NCC(C)(O)c1ccc(F)cc1. The van der Waals surface area contributed by atoms with Gasteiger partial charge in [0.25, 0.3) is 0 Å². The number of aliphatic hydroxyl groups is 1. The molecule has 1 heterocycles. The first-order chi connectivity index (χ1) is 11.5. The molecule has 1 aromatic rings. The highest BCUT2D eigenvalue weighted by atomic mass is 19.1. The number of morpholine rings is 1. The lowest BCUT2D eigenvalue weighted by molar-refractivity contribution is 0.0388. The molecule has 24 heavy (non-hydrogen) atoms. The number of nitrogens with one attached hydrogen (secondary N) is 2. The molecule has 1 atom stereocenters. The fourth-order valence-electron chi connectivity index (χ4n) is 2.54. The van der Waals surface area contributed by atoms with Crippen molar-refractivity contribution in [2.45, 2.75) is 12.5 Å². The number of aliphatic imine (C=N–C) groups is 1. The van der Waals surface area contributed by atoms with Gasteiger partial charge in [-0.3, -0.25) is 9.89 Å². The third-order valence-corrected chi connectivity index (χ3v) is 4.11. The minimum atomic E-state index is -1.12. The van der Waals surface area contributed by atoms with E-state index in [1.165, 1.54) is 12.1 Å². The topological polar surface area (TPSA) is 69.1 Å². The molecule has 0 spiro atoms. The fraction of sp³-hybridized carbons (Fsp3) is 0.588. The maximum atomic E-state index is 13.0. The highest BCUT2D eigenvalue weighted by molar-refractivity contribution is 5.79. The Morgan fingerprint density at radius 3 is 2.58 bits per heavy atom. The molecule has 1 aromatic carbocycles. The van der Waals surface area contributed by atoms with Gasteiger partial charge in [0.2, 0.25) is 0 Å². The Labute approximate surface area is 142 Å². The molecule has 2 rings (SSSR count). The van der Waals surface area contributed by atoms with E-state index in [9.17, 15) is 9.50 Å². The average molecular weight is 338 g/mol. The second kappa shape index (κ2) is 8.96. The van der Waals surface area contributed by atoms with E-state index in [0.29, 0.717) is 11.5 Å². The number of rotatable bonds is 6. The van der Waals surface area contributed by atoms with E-state index >= 15 is 0 Å². The first kappa shape index (κ1) is 18.6. The van der Waals surface area contributed by atoms with Crippen molar-refractivity contribution in [3.8, 4) is 0 Å². The summed E-state index contributed by atoms with van der Waals surface area (Å²) in [7, 11) is 1.69. The van der Waals surface area contributed by atoms with Crippen LogP contribution in [-0.2, 0) is 10.3 Å². The number of hydrogen-bond acceptors (Lipinski definition) is 4. The average Bonchev–Trinajstić information content (AvgIpc) is 2.59. The predicted molar refractivity (Wildman–Crippen MR) is 92.6 cm³/mol. The Morgan fingerprint density at radius 1 is 1.29 bits per heavy atom. The molecular weight excluding hydrogens is 311 g/mol. The number of guanidine groups is 1. The van der Waals surface area contributed by atoms with Crippen LogP contribution in [0.2, 0.25) is 0 Å². The Hall–Kier alpha value is -1.70. The van der Waals surface area contributed by atoms with Crippen LogP contribution in [-0.4, -0.2) is 69.0 Å². The number of ether oxygens (including phenoxy) is 1. The summed E-state index contributed by atoms with van der Waals surface area (Å²) in [4.78, 5) is 6.49. The van der Waals surface area contributed by atoms with Crippen LogP contribution in [0.4, 0.5) is 4.39 Å². The summed E-state index contributed by atoms with van der Waals surface area (Å²) >= 11 is 0. The molecule has 1 saturated heterocycles. The Morgan fingerprint density at radius 2 is 1.96 bits per heavy atom. The summed E-state index contributed by atoms with van der Waals surface area (Å²) in [6.07, 6.45) is 0. The normalized spacial score (nSPS) is 18.9. The molecule has 0 saturated carbocycles. The Kier molecular flexibility index (Phi) is 6.96. The molecule has 3 N–H and O–H groups in total. The molecule has 1 aliphatic heterocycles. The molecule has 0 radical (unpaired) electrons. The summed E-state index contributed by atoms with van der Waals surface area (Å²) in [5.74, 6) is 0.314. The minimum Gasteiger partial charge on any atom is -0.384 e. The van der Waals surface area contributed by atoms with Gasteiger partial charge in [-0.2, -0.15) is 0 Å². The minimum absolute atomic E-state index is 0.274. The van der Waals surface area contributed by atoms with E-state index in [1.54, 1.807) is 26.1 Å². The first-order valence-electron chi connectivity index (χ1n) is 8.24. The number of hydrogen-bond donors (Lipinski definition) is 3. The summed E-state index contributed by atoms with van der Waals surface area (Å²) < 4.78 is 18.3. The van der Waals surface area contributed by atoms with Gasteiger partial charge >= 0.3 is 0 Å². The van der Waals surface area contributed by atoms with E-state index in [1.807, 2.05) is 0 Å². The van der Waals surface area contributed by atoms with Crippen molar-refractivity contribution in [2.24, 2.45) is 4.99 Å². The lowest BCUT2D eigenvalue weighted by atomic mass is 9.96. The van der Waals surface area contributed by atoms with Crippen LogP contribution in [0, 0.1) is 5.82 Å². The van der Waals surface area contributed by atoms with Gasteiger partial charge in [0, 0.05) is 33.2 Å². The van der Waals surface area contributed by atoms with Crippen molar-refractivity contribution in [3.63, 3.8) is 0 Å². The molecule has 0 aliphatic carbocycles. The lowest BCUT2D eigenvalue weighted by Gasteiger charge is -2.28. The van der Waals surface area contributed by atoms with Gasteiger partial charge in [0.15, 0.2) is 5.96 Å². The van der Waals surface area contributed by atoms with Gasteiger partial charge in [0.05, 0.1) is 19.8 Å². The van der Waals surface area contributed by atoms with Crippen molar-refractivity contribution in [1.29, 1.82) is 0 Å². The molecule has 1 fully saturated rings. The number of benzene rings is 1. The summed E-state index contributed by atoms with van der Waals surface area (Å²) in [5.41, 5.74) is -0.463. The monoisotopic (exact) mass is 338 g/mol. The van der Waals surface area contributed by atoms with Crippen LogP contribution in [0.25, 0.3) is 0 Å². The quantitative estimate of drug-likeness (QED) is 0.521. The van der Waals surface area contributed by atoms with Crippen molar-refractivity contribution in [1.82, 2.24) is 15.5 Å². The molecule has 0 amide bonds. The van der Waals surface area contributed by atoms with E-state index in [2.05, 4.69) is 20.5 Å². The molecule has 6 nitrogen and oxygen atoms in total. The molecule has 0 aromatic heterocycles. The molecule has 0 bridgehead atoms. The molecule has 7 heteroatoms. The van der Waals surface area contributed by atoms with E-state index in [-0.39, 0.29) is 12.4 Å². The fourth-order valence-corrected chi connectivity index (χ4v) is 2.54. The van der Waals surface area contributed by atoms with Gasteiger partial charge in [-0.1, -0.05) is 12.1 Å². The van der Waals surface area contributed by atoms with Crippen molar-refractivity contribution in [3.05, 3.63) is 35.6 Å². The van der Waals surface area contributed by atoms with Crippen molar-refractivity contribution in [2.75, 3.05) is 53.0 Å². The number of nitrogens with zero attached hydrogens (tertiary/aromatic N) is 2. The second-order valence-corrected chi connectivity index (χ2v) is 6.09. The molecule has 1 unspecified atom stereocenters. The van der Waals surface area contributed by atoms with Gasteiger partial charge in [-0.25, -0.2) is 4.39 Å². The van der Waals surface area contributed by atoms with E-state index in [4.69, 9.17) is 4.74 Å². The zero-order valence-electron chi connectivity index (χ0n) is 14.4. The Balaban J connectivity index is 1.76. The van der Waals surface area contributed by atoms with Gasteiger partial charge in [-0.05, 0) is 24.6 Å². The van der Waals surface area contributed by atoms with Crippen LogP contribution in [0.1, 0.15) is 12.5 Å². The lowest BCUT2D eigenvalue weighted by Crippen LogP contribution is -2.47. The largest absolute Gasteiger partial charge is 0.384 e. The Bertz CT molecular complexity index is 528. The molecular formula is C17H27FN4O2. The highest BCUT2D eigenvalue weighted by Gasteiger charge is 2.23. The standard InChI is InChI=1S/C17H27FN4O2/c1-17(23,14-3-5-15(18)6-4-14)13-21-16(19-2)20-7-8-22-9-11-24-12-10-22/h3-6,23H,7-13H2,1-2H3,(H2,19,20,21). The van der Waals surface area contributed by atoms with E-state index in [0.717, 1.165) is 39.4 Å². The maximum absolute atomic E-state index is 13.0.